The van der Waals surface area contributed by atoms with Crippen molar-refractivity contribution in [1.29, 1.82) is 0 Å². The van der Waals surface area contributed by atoms with E-state index in [1.165, 1.54) is 0 Å². The molecule has 0 aromatic rings. The topological polar surface area (TPSA) is 17.1 Å². The van der Waals surface area contributed by atoms with E-state index in [2.05, 4.69) is 6.58 Å². The van der Waals surface area contributed by atoms with Crippen molar-refractivity contribution in [2.45, 2.75) is 6.92 Å². The van der Waals surface area contributed by atoms with Crippen molar-refractivity contribution in [2.24, 2.45) is 0 Å². The van der Waals surface area contributed by atoms with Gasteiger partial charge in [-0.3, -0.25) is 4.21 Å². The average molecular weight is 153 g/mol. The Labute approximate surface area is 57.2 Å². The Hall–Kier alpha value is 0.180. The molecule has 0 aliphatic carbocycles. The molecule has 1 unspecified atom stereocenters. The van der Waals surface area contributed by atoms with Gasteiger partial charge in [0, 0.05) is 21.6 Å². The van der Waals surface area contributed by atoms with Gasteiger partial charge in [0.15, 0.2) is 0 Å². The van der Waals surface area contributed by atoms with Gasteiger partial charge < -0.3 is 0 Å². The van der Waals surface area contributed by atoms with Gasteiger partial charge in [-0.2, -0.15) is 0 Å². The lowest BCUT2D eigenvalue weighted by Crippen LogP contribution is -1.97. The molecular formula is C5H9ClOS. The Bertz CT molecular complexity index is 111. The van der Waals surface area contributed by atoms with Crippen LogP contribution in [0.1, 0.15) is 6.92 Å². The summed E-state index contributed by atoms with van der Waals surface area (Å²) in [7, 11) is -0.789. The Balaban J connectivity index is 3.40. The van der Waals surface area contributed by atoms with Crippen LogP contribution in [0, 0.1) is 0 Å². The third-order valence-corrected chi connectivity index (χ3v) is 2.25. The van der Waals surface area contributed by atoms with Gasteiger partial charge in [0.2, 0.25) is 0 Å². The lowest BCUT2D eigenvalue weighted by Gasteiger charge is -1.91. The molecule has 8 heavy (non-hydrogen) atoms. The Morgan fingerprint density at radius 2 is 2.38 bits per heavy atom. The van der Waals surface area contributed by atoms with Gasteiger partial charge in [-0.1, -0.05) is 25.1 Å². The Kier molecular flexibility index (Phi) is 4.19. The average Bonchev–Trinajstić information content (AvgIpc) is 1.65. The molecule has 0 aromatic heterocycles. The van der Waals surface area contributed by atoms with E-state index in [9.17, 15) is 4.21 Å². The zero-order chi connectivity index (χ0) is 6.57. The van der Waals surface area contributed by atoms with Gasteiger partial charge in [-0.25, -0.2) is 0 Å². The predicted octanol–water partition coefficient (Wildman–Crippen LogP) is 1.51. The smallest absolute Gasteiger partial charge is 0.0587 e. The van der Waals surface area contributed by atoms with Crippen molar-refractivity contribution in [2.75, 3.05) is 11.5 Å². The van der Waals surface area contributed by atoms with Crippen molar-refractivity contribution in [1.82, 2.24) is 0 Å². The minimum atomic E-state index is -0.789. The lowest BCUT2D eigenvalue weighted by atomic mass is 10.7. The molecule has 0 N–H and O–H groups in total. The highest BCUT2D eigenvalue weighted by Crippen LogP contribution is 1.98. The van der Waals surface area contributed by atoms with Crippen LogP contribution >= 0.6 is 11.6 Å². The standard InChI is InChI=1S/C5H9ClOS/c1-3-8(7)4-5(2)6/h2-4H2,1H3. The fourth-order valence-electron chi connectivity index (χ4n) is 0.277. The molecule has 0 amide bonds. The van der Waals surface area contributed by atoms with Gasteiger partial charge in [-0.05, 0) is 0 Å². The molecule has 0 aliphatic heterocycles. The van der Waals surface area contributed by atoms with Gasteiger partial charge in [0.25, 0.3) is 0 Å². The van der Waals surface area contributed by atoms with E-state index in [-0.39, 0.29) is 0 Å². The molecule has 0 bridgehead atoms. The Morgan fingerprint density at radius 3 is 2.50 bits per heavy atom. The zero-order valence-corrected chi connectivity index (χ0v) is 6.39. The Morgan fingerprint density at radius 1 is 1.88 bits per heavy atom. The first kappa shape index (κ1) is 8.18. The fraction of sp³-hybridized carbons (Fsp3) is 0.600. The van der Waals surface area contributed by atoms with E-state index in [1.807, 2.05) is 6.92 Å². The first-order valence-corrected chi connectivity index (χ1v) is 4.21. The van der Waals surface area contributed by atoms with E-state index in [0.29, 0.717) is 16.5 Å². The summed E-state index contributed by atoms with van der Waals surface area (Å²) >= 11 is 5.36. The fourth-order valence-corrected chi connectivity index (χ4v) is 1.20. The van der Waals surface area contributed by atoms with Gasteiger partial charge in [0.1, 0.15) is 0 Å². The summed E-state index contributed by atoms with van der Waals surface area (Å²) in [6.45, 7) is 5.27. The van der Waals surface area contributed by atoms with Crippen LogP contribution in [0.4, 0.5) is 0 Å². The third kappa shape index (κ3) is 4.34. The number of hydrogen-bond donors (Lipinski definition) is 0. The molecule has 0 heterocycles. The largest absolute Gasteiger partial charge is 0.259 e. The summed E-state index contributed by atoms with van der Waals surface area (Å²) in [5, 5.41) is 0.477. The molecule has 0 aromatic carbocycles. The number of halogens is 1. The highest BCUT2D eigenvalue weighted by molar-refractivity contribution is 7.85. The van der Waals surface area contributed by atoms with Crippen LogP contribution < -0.4 is 0 Å². The van der Waals surface area contributed by atoms with E-state index < -0.39 is 10.8 Å². The van der Waals surface area contributed by atoms with Crippen LogP contribution in [0.15, 0.2) is 11.6 Å². The van der Waals surface area contributed by atoms with Crippen molar-refractivity contribution in [3.05, 3.63) is 11.6 Å². The van der Waals surface area contributed by atoms with Crippen molar-refractivity contribution in [3.8, 4) is 0 Å². The molecule has 0 radical (unpaired) electrons. The first-order chi connectivity index (χ1) is 3.66. The zero-order valence-electron chi connectivity index (χ0n) is 4.82. The molecule has 1 nitrogen and oxygen atoms in total. The van der Waals surface area contributed by atoms with Gasteiger partial charge >= 0.3 is 0 Å². The van der Waals surface area contributed by atoms with Crippen LogP contribution in [0.5, 0.6) is 0 Å². The number of rotatable bonds is 3. The van der Waals surface area contributed by atoms with Gasteiger partial charge in [0.05, 0.1) is 5.75 Å². The van der Waals surface area contributed by atoms with E-state index >= 15 is 0 Å². The second-order valence-electron chi connectivity index (χ2n) is 1.39. The minimum absolute atomic E-state index is 0.429. The molecule has 0 rings (SSSR count). The molecular weight excluding hydrogens is 144 g/mol. The monoisotopic (exact) mass is 152 g/mol. The molecule has 3 heteroatoms. The second-order valence-corrected chi connectivity index (χ2v) is 3.67. The first-order valence-electron chi connectivity index (χ1n) is 2.35. The highest BCUT2D eigenvalue weighted by Gasteiger charge is 1.94. The summed E-state index contributed by atoms with van der Waals surface area (Å²) in [6.07, 6.45) is 0. The molecule has 1 atom stereocenters. The normalized spacial score (nSPS) is 13.2. The van der Waals surface area contributed by atoms with Crippen LogP contribution in [0.2, 0.25) is 0 Å². The van der Waals surface area contributed by atoms with E-state index in [1.54, 1.807) is 0 Å². The lowest BCUT2D eigenvalue weighted by molar-refractivity contribution is 0.685. The molecule has 0 fully saturated rings. The highest BCUT2D eigenvalue weighted by atomic mass is 35.5. The maximum absolute atomic E-state index is 10.6. The van der Waals surface area contributed by atoms with Crippen molar-refractivity contribution in [3.63, 3.8) is 0 Å². The molecule has 0 saturated carbocycles. The maximum atomic E-state index is 10.6. The van der Waals surface area contributed by atoms with Gasteiger partial charge in [-0.15, -0.1) is 0 Å². The van der Waals surface area contributed by atoms with Crippen LogP contribution in [0.3, 0.4) is 0 Å². The SMILES string of the molecule is C=C(Cl)CS(=O)CC. The summed E-state index contributed by atoms with van der Waals surface area (Å²) in [5.41, 5.74) is 0. The predicted molar refractivity (Wildman–Crippen MR) is 38.5 cm³/mol. The van der Waals surface area contributed by atoms with Crippen molar-refractivity contribution < 1.29 is 4.21 Å². The summed E-state index contributed by atoms with van der Waals surface area (Å²) < 4.78 is 10.6. The summed E-state index contributed by atoms with van der Waals surface area (Å²) in [4.78, 5) is 0. The molecule has 48 valence electrons. The third-order valence-electron chi connectivity index (χ3n) is 0.640. The molecule has 0 saturated heterocycles. The summed E-state index contributed by atoms with van der Waals surface area (Å²) in [5.74, 6) is 1.09. The van der Waals surface area contributed by atoms with Crippen LogP contribution in [-0.4, -0.2) is 15.7 Å². The van der Waals surface area contributed by atoms with E-state index in [0.717, 1.165) is 0 Å². The molecule has 0 aliphatic rings. The van der Waals surface area contributed by atoms with Crippen LogP contribution in [0.25, 0.3) is 0 Å². The van der Waals surface area contributed by atoms with Crippen LogP contribution in [-0.2, 0) is 10.8 Å². The van der Waals surface area contributed by atoms with Crippen molar-refractivity contribution >= 4 is 22.4 Å². The minimum Gasteiger partial charge on any atom is -0.259 e. The number of hydrogen-bond acceptors (Lipinski definition) is 1. The quantitative estimate of drug-likeness (QED) is 0.599. The maximum Gasteiger partial charge on any atom is 0.0587 e. The van der Waals surface area contributed by atoms with E-state index in [4.69, 9.17) is 11.6 Å². The summed E-state index contributed by atoms with van der Waals surface area (Å²) in [6, 6.07) is 0. The second kappa shape index (κ2) is 4.10. The molecule has 0 spiro atoms.